The SMILES string of the molecule is CN(C)CCCNC=O.[H+]. The Morgan fingerprint density at radius 3 is 2.78 bits per heavy atom. The zero-order valence-electron chi connectivity index (χ0n) is 7.05. The predicted molar refractivity (Wildman–Crippen MR) is 38.3 cm³/mol. The maximum atomic E-state index is 9.72. The molecule has 1 N–H and O–H groups in total. The van der Waals surface area contributed by atoms with Crippen molar-refractivity contribution in [2.45, 2.75) is 6.42 Å². The first-order valence-electron chi connectivity index (χ1n) is 3.09. The van der Waals surface area contributed by atoms with Crippen LogP contribution in [0.1, 0.15) is 7.85 Å². The van der Waals surface area contributed by atoms with Crippen LogP contribution in [-0.4, -0.2) is 38.5 Å². The molecule has 0 saturated carbocycles. The van der Waals surface area contributed by atoms with Crippen LogP contribution in [0.15, 0.2) is 0 Å². The number of rotatable bonds is 5. The first-order chi connectivity index (χ1) is 4.27. The van der Waals surface area contributed by atoms with E-state index in [9.17, 15) is 4.79 Å². The molecule has 0 atom stereocenters. The Hall–Kier alpha value is -0.570. The lowest BCUT2D eigenvalue weighted by Gasteiger charge is -2.07. The Morgan fingerprint density at radius 1 is 1.67 bits per heavy atom. The molecule has 0 unspecified atom stereocenters. The minimum atomic E-state index is 0. The summed E-state index contributed by atoms with van der Waals surface area (Å²) >= 11 is 0. The van der Waals surface area contributed by atoms with Crippen molar-refractivity contribution in [3.63, 3.8) is 0 Å². The minimum Gasteiger partial charge on any atom is -0.359 e. The van der Waals surface area contributed by atoms with Crippen LogP contribution in [-0.2, 0) is 4.79 Å². The molecule has 0 heterocycles. The van der Waals surface area contributed by atoms with Gasteiger partial charge in [0.05, 0.1) is 0 Å². The molecule has 0 fully saturated rings. The molecule has 0 aliphatic heterocycles. The largest absolute Gasteiger partial charge is 1.00 e. The van der Waals surface area contributed by atoms with Gasteiger partial charge in [0.25, 0.3) is 0 Å². The fourth-order valence-corrected chi connectivity index (χ4v) is 0.556. The number of amides is 1. The van der Waals surface area contributed by atoms with Gasteiger partial charge in [-0.2, -0.15) is 0 Å². The molecule has 54 valence electrons. The summed E-state index contributed by atoms with van der Waals surface area (Å²) in [5.74, 6) is 0. The monoisotopic (exact) mass is 131 g/mol. The molecule has 0 bridgehead atoms. The van der Waals surface area contributed by atoms with Crippen LogP contribution in [0.2, 0.25) is 0 Å². The quantitative estimate of drug-likeness (QED) is 0.414. The highest BCUT2D eigenvalue weighted by Gasteiger charge is 1.87. The third-order valence-electron chi connectivity index (χ3n) is 1.01. The molecule has 0 aliphatic rings. The van der Waals surface area contributed by atoms with Crippen LogP contribution >= 0.6 is 0 Å². The number of carbonyl (C=O) groups excluding carboxylic acids is 1. The van der Waals surface area contributed by atoms with Crippen molar-refractivity contribution >= 4 is 6.41 Å². The van der Waals surface area contributed by atoms with Gasteiger partial charge in [0.15, 0.2) is 0 Å². The number of hydrogen-bond acceptors (Lipinski definition) is 2. The molecule has 0 aromatic heterocycles. The lowest BCUT2D eigenvalue weighted by molar-refractivity contribution is -0.109. The summed E-state index contributed by atoms with van der Waals surface area (Å²) in [4.78, 5) is 11.8. The van der Waals surface area contributed by atoms with E-state index in [1.807, 2.05) is 14.1 Å². The lowest BCUT2D eigenvalue weighted by atomic mass is 10.4. The van der Waals surface area contributed by atoms with Gasteiger partial charge in [-0.3, -0.25) is 4.79 Å². The highest BCUT2D eigenvalue weighted by atomic mass is 16.1. The van der Waals surface area contributed by atoms with Crippen LogP contribution < -0.4 is 5.32 Å². The zero-order valence-corrected chi connectivity index (χ0v) is 6.05. The molecule has 0 spiro atoms. The summed E-state index contributed by atoms with van der Waals surface area (Å²) in [6.45, 7) is 1.81. The van der Waals surface area contributed by atoms with Crippen LogP contribution in [0, 0.1) is 0 Å². The average molecular weight is 131 g/mol. The van der Waals surface area contributed by atoms with Gasteiger partial charge in [0.2, 0.25) is 6.41 Å². The second-order valence-electron chi connectivity index (χ2n) is 2.23. The van der Waals surface area contributed by atoms with Gasteiger partial charge in [0.1, 0.15) is 0 Å². The van der Waals surface area contributed by atoms with E-state index in [2.05, 4.69) is 10.2 Å². The Kier molecular flexibility index (Phi) is 5.21. The summed E-state index contributed by atoms with van der Waals surface area (Å²) in [6.07, 6.45) is 1.75. The fourth-order valence-electron chi connectivity index (χ4n) is 0.556. The van der Waals surface area contributed by atoms with Crippen molar-refractivity contribution in [3.8, 4) is 0 Å². The number of nitrogens with zero attached hydrogens (tertiary/aromatic N) is 1. The predicted octanol–water partition coefficient (Wildman–Crippen LogP) is -0.203. The molecule has 0 rings (SSSR count). The molecular weight excluding hydrogens is 116 g/mol. The first kappa shape index (κ1) is 8.43. The molecule has 0 aliphatic carbocycles. The highest BCUT2D eigenvalue weighted by molar-refractivity contribution is 5.45. The summed E-state index contributed by atoms with van der Waals surface area (Å²) < 4.78 is 0. The maximum absolute atomic E-state index is 9.72. The Bertz CT molecular complexity index is 78.1. The fraction of sp³-hybridized carbons (Fsp3) is 0.833. The van der Waals surface area contributed by atoms with Crippen molar-refractivity contribution in [1.29, 1.82) is 0 Å². The first-order valence-corrected chi connectivity index (χ1v) is 3.09. The van der Waals surface area contributed by atoms with Gasteiger partial charge in [-0.05, 0) is 27.1 Å². The highest BCUT2D eigenvalue weighted by Crippen LogP contribution is 1.78. The van der Waals surface area contributed by atoms with Crippen LogP contribution in [0.5, 0.6) is 0 Å². The maximum Gasteiger partial charge on any atom is 1.00 e. The smallest absolute Gasteiger partial charge is 0.359 e. The van der Waals surface area contributed by atoms with Crippen molar-refractivity contribution in [2.75, 3.05) is 27.2 Å². The summed E-state index contributed by atoms with van der Waals surface area (Å²) in [6, 6.07) is 0. The average Bonchev–Trinajstić information content (AvgIpc) is 1.80. The number of hydrogen-bond donors (Lipinski definition) is 1. The van der Waals surface area contributed by atoms with Gasteiger partial charge < -0.3 is 10.2 Å². The second kappa shape index (κ2) is 5.56. The third kappa shape index (κ3) is 7.43. The Balaban J connectivity index is 0. The van der Waals surface area contributed by atoms with Gasteiger partial charge >= 0.3 is 1.43 Å². The van der Waals surface area contributed by atoms with E-state index in [4.69, 9.17) is 0 Å². The van der Waals surface area contributed by atoms with E-state index in [0.29, 0.717) is 0 Å². The molecule has 1 amide bonds. The van der Waals surface area contributed by atoms with Crippen molar-refractivity contribution < 1.29 is 6.22 Å². The van der Waals surface area contributed by atoms with Crippen molar-refractivity contribution in [1.82, 2.24) is 10.2 Å². The van der Waals surface area contributed by atoms with Gasteiger partial charge in [-0.25, -0.2) is 0 Å². The van der Waals surface area contributed by atoms with E-state index in [1.54, 1.807) is 0 Å². The molecule has 0 radical (unpaired) electrons. The summed E-state index contributed by atoms with van der Waals surface area (Å²) in [5, 5.41) is 2.60. The molecule has 3 heteroatoms. The molecule has 0 aromatic rings. The zero-order chi connectivity index (χ0) is 7.11. The number of carbonyl (C=O) groups is 1. The molecule has 9 heavy (non-hydrogen) atoms. The van der Waals surface area contributed by atoms with Gasteiger partial charge in [0, 0.05) is 6.54 Å². The summed E-state index contributed by atoms with van der Waals surface area (Å²) in [7, 11) is 4.03. The molecule has 0 aromatic carbocycles. The minimum absolute atomic E-state index is 0. The second-order valence-corrected chi connectivity index (χ2v) is 2.23. The summed E-state index contributed by atoms with van der Waals surface area (Å²) in [5.41, 5.74) is 0. The molecule has 0 saturated heterocycles. The van der Waals surface area contributed by atoms with Crippen LogP contribution in [0.4, 0.5) is 0 Å². The van der Waals surface area contributed by atoms with E-state index in [1.165, 1.54) is 0 Å². The van der Waals surface area contributed by atoms with E-state index < -0.39 is 0 Å². The Morgan fingerprint density at radius 2 is 2.33 bits per heavy atom. The van der Waals surface area contributed by atoms with E-state index in [-0.39, 0.29) is 1.43 Å². The van der Waals surface area contributed by atoms with Crippen molar-refractivity contribution in [2.24, 2.45) is 0 Å². The number of nitrogens with one attached hydrogen (secondary N) is 1. The standard InChI is InChI=1S/C6H14N2O/c1-8(2)5-3-4-7-6-9/h6H,3-5H2,1-2H3,(H,7,9)/p+1. The van der Waals surface area contributed by atoms with E-state index in [0.717, 1.165) is 25.9 Å². The van der Waals surface area contributed by atoms with Gasteiger partial charge in [-0.15, -0.1) is 0 Å². The molecule has 3 nitrogen and oxygen atoms in total. The van der Waals surface area contributed by atoms with E-state index >= 15 is 0 Å². The molecular formula is C6H15N2O+. The topological polar surface area (TPSA) is 32.3 Å². The van der Waals surface area contributed by atoms with Crippen LogP contribution in [0.3, 0.4) is 0 Å². The Labute approximate surface area is 57.5 Å². The van der Waals surface area contributed by atoms with Crippen molar-refractivity contribution in [3.05, 3.63) is 0 Å². The lowest BCUT2D eigenvalue weighted by Crippen LogP contribution is -2.19. The van der Waals surface area contributed by atoms with Gasteiger partial charge in [-0.1, -0.05) is 0 Å². The third-order valence-corrected chi connectivity index (χ3v) is 1.01. The van der Waals surface area contributed by atoms with Crippen LogP contribution in [0.25, 0.3) is 0 Å². The normalized spacial score (nSPS) is 9.67.